The normalized spacial score (nSPS) is 16.5. The maximum absolute atomic E-state index is 12.5. The average Bonchev–Trinajstić information content (AvgIpc) is 2.99. The number of anilines is 1. The highest BCUT2D eigenvalue weighted by Gasteiger charge is 2.23. The van der Waals surface area contributed by atoms with Crippen LogP contribution in [-0.4, -0.2) is 61.4 Å². The summed E-state index contributed by atoms with van der Waals surface area (Å²) in [6, 6.07) is -0.354. The molecule has 0 bridgehead atoms. The molecule has 2 N–H and O–H groups in total. The van der Waals surface area contributed by atoms with Crippen molar-refractivity contribution in [2.24, 2.45) is 0 Å². The Bertz CT molecular complexity index is 680. The molecule has 2 aromatic heterocycles. The number of hydrogen-bond donors (Lipinski definition) is 2. The van der Waals surface area contributed by atoms with Crippen molar-refractivity contribution >= 4 is 22.8 Å². The third-order valence-electron chi connectivity index (χ3n) is 4.14. The minimum atomic E-state index is -0.354. The molecule has 124 valence electrons. The van der Waals surface area contributed by atoms with Gasteiger partial charge in [-0.05, 0) is 26.2 Å². The number of carbonyl (C=O) groups is 1. The third kappa shape index (κ3) is 3.26. The van der Waals surface area contributed by atoms with Gasteiger partial charge in [0.05, 0.1) is 24.7 Å². The lowest BCUT2D eigenvalue weighted by molar-refractivity contribution is -0.132. The van der Waals surface area contributed by atoms with E-state index < -0.39 is 0 Å². The number of fused-ring (bicyclic) bond motifs is 1. The molecule has 0 aliphatic carbocycles. The van der Waals surface area contributed by atoms with E-state index in [1.54, 1.807) is 10.9 Å². The fourth-order valence-corrected chi connectivity index (χ4v) is 2.92. The van der Waals surface area contributed by atoms with Gasteiger partial charge in [0.15, 0.2) is 5.65 Å². The maximum atomic E-state index is 12.5. The van der Waals surface area contributed by atoms with Gasteiger partial charge in [-0.3, -0.25) is 4.79 Å². The van der Waals surface area contributed by atoms with E-state index in [9.17, 15) is 4.79 Å². The summed E-state index contributed by atoms with van der Waals surface area (Å²) < 4.78 is 1.62. The fourth-order valence-electron chi connectivity index (χ4n) is 2.92. The van der Waals surface area contributed by atoms with Gasteiger partial charge in [0, 0.05) is 13.1 Å². The van der Waals surface area contributed by atoms with Gasteiger partial charge in [0.1, 0.15) is 18.2 Å². The zero-order chi connectivity index (χ0) is 16.2. The van der Waals surface area contributed by atoms with E-state index in [0.29, 0.717) is 18.0 Å². The SMILES string of the molecule is CC(Nc1ncnc2c1cnn2CCO)C(=O)N1CCCCC1. The lowest BCUT2D eigenvalue weighted by atomic mass is 10.1. The van der Waals surface area contributed by atoms with E-state index >= 15 is 0 Å². The minimum absolute atomic E-state index is 0.00655. The van der Waals surface area contributed by atoms with Crippen LogP contribution < -0.4 is 5.32 Å². The van der Waals surface area contributed by atoms with Crippen LogP contribution in [0.4, 0.5) is 5.82 Å². The second-order valence-electron chi connectivity index (χ2n) is 5.80. The molecular formula is C15H22N6O2. The molecule has 3 rings (SSSR count). The van der Waals surface area contributed by atoms with Crippen LogP contribution in [0, 0.1) is 0 Å². The Balaban J connectivity index is 1.76. The summed E-state index contributed by atoms with van der Waals surface area (Å²) in [6.45, 7) is 3.88. The molecular weight excluding hydrogens is 296 g/mol. The van der Waals surface area contributed by atoms with Gasteiger partial charge >= 0.3 is 0 Å². The number of carbonyl (C=O) groups excluding carboxylic acids is 1. The van der Waals surface area contributed by atoms with Gasteiger partial charge in [-0.15, -0.1) is 0 Å². The molecule has 0 aromatic carbocycles. The van der Waals surface area contributed by atoms with Gasteiger partial charge in [-0.1, -0.05) is 0 Å². The van der Waals surface area contributed by atoms with Crippen LogP contribution >= 0.6 is 0 Å². The predicted octanol–water partition coefficient (Wildman–Crippen LogP) is 0.631. The van der Waals surface area contributed by atoms with Gasteiger partial charge in [-0.2, -0.15) is 5.10 Å². The largest absolute Gasteiger partial charge is 0.394 e. The summed E-state index contributed by atoms with van der Waals surface area (Å²) in [6.07, 6.45) is 6.44. The fraction of sp³-hybridized carbons (Fsp3) is 0.600. The summed E-state index contributed by atoms with van der Waals surface area (Å²) >= 11 is 0. The number of rotatable bonds is 5. The summed E-state index contributed by atoms with van der Waals surface area (Å²) in [7, 11) is 0. The Hall–Kier alpha value is -2.22. The summed E-state index contributed by atoms with van der Waals surface area (Å²) in [5.74, 6) is 0.691. The zero-order valence-corrected chi connectivity index (χ0v) is 13.3. The number of amides is 1. The van der Waals surface area contributed by atoms with E-state index in [4.69, 9.17) is 5.11 Å². The standard InChI is InChI=1S/C15H22N6O2/c1-11(15(23)20-5-3-2-4-6-20)19-13-12-9-18-21(7-8-22)14(12)17-10-16-13/h9-11,22H,2-8H2,1H3,(H,16,17,19). The Morgan fingerprint density at radius 1 is 1.35 bits per heavy atom. The van der Waals surface area contributed by atoms with Crippen LogP contribution in [0.5, 0.6) is 0 Å². The second kappa shape index (κ2) is 6.91. The molecule has 1 amide bonds. The van der Waals surface area contributed by atoms with Crippen LogP contribution in [0.1, 0.15) is 26.2 Å². The topological polar surface area (TPSA) is 96.2 Å². The van der Waals surface area contributed by atoms with Gasteiger partial charge in [0.25, 0.3) is 0 Å². The first-order valence-electron chi connectivity index (χ1n) is 8.03. The van der Waals surface area contributed by atoms with E-state index in [1.807, 2.05) is 11.8 Å². The highest BCUT2D eigenvalue weighted by molar-refractivity contribution is 5.90. The van der Waals surface area contributed by atoms with Crippen molar-refractivity contribution < 1.29 is 9.90 Å². The quantitative estimate of drug-likeness (QED) is 0.839. The number of aromatic nitrogens is 4. The molecule has 8 heteroatoms. The highest BCUT2D eigenvalue weighted by atomic mass is 16.3. The number of aliphatic hydroxyl groups is 1. The molecule has 2 aromatic rings. The maximum Gasteiger partial charge on any atom is 0.244 e. The van der Waals surface area contributed by atoms with Gasteiger partial charge in [0.2, 0.25) is 5.91 Å². The Kier molecular flexibility index (Phi) is 4.71. The molecule has 1 aliphatic rings. The van der Waals surface area contributed by atoms with Crippen molar-refractivity contribution in [3.63, 3.8) is 0 Å². The molecule has 23 heavy (non-hydrogen) atoms. The van der Waals surface area contributed by atoms with Crippen LogP contribution in [0.15, 0.2) is 12.5 Å². The third-order valence-corrected chi connectivity index (χ3v) is 4.14. The molecule has 8 nitrogen and oxygen atoms in total. The second-order valence-corrected chi connectivity index (χ2v) is 5.80. The van der Waals surface area contributed by atoms with Crippen molar-refractivity contribution in [1.82, 2.24) is 24.6 Å². The first-order valence-corrected chi connectivity index (χ1v) is 8.03. The van der Waals surface area contributed by atoms with E-state index in [1.165, 1.54) is 12.7 Å². The van der Waals surface area contributed by atoms with Gasteiger partial charge < -0.3 is 15.3 Å². The molecule has 3 heterocycles. The summed E-state index contributed by atoms with van der Waals surface area (Å²) in [4.78, 5) is 22.9. The van der Waals surface area contributed by atoms with Crippen molar-refractivity contribution in [2.45, 2.75) is 38.8 Å². The van der Waals surface area contributed by atoms with Crippen LogP contribution in [0.2, 0.25) is 0 Å². The van der Waals surface area contributed by atoms with Crippen molar-refractivity contribution in [3.05, 3.63) is 12.5 Å². The van der Waals surface area contributed by atoms with E-state index in [2.05, 4.69) is 20.4 Å². The van der Waals surface area contributed by atoms with E-state index in [-0.39, 0.29) is 18.6 Å². The van der Waals surface area contributed by atoms with Crippen LogP contribution in [0.25, 0.3) is 11.0 Å². The van der Waals surface area contributed by atoms with Gasteiger partial charge in [-0.25, -0.2) is 14.6 Å². The molecule has 1 unspecified atom stereocenters. The van der Waals surface area contributed by atoms with Crippen LogP contribution in [0.3, 0.4) is 0 Å². The summed E-state index contributed by atoms with van der Waals surface area (Å²) in [5, 5.41) is 17.2. The minimum Gasteiger partial charge on any atom is -0.394 e. The number of nitrogens with one attached hydrogen (secondary N) is 1. The Morgan fingerprint density at radius 3 is 2.87 bits per heavy atom. The number of piperidine rings is 1. The number of nitrogens with zero attached hydrogens (tertiary/aromatic N) is 5. The van der Waals surface area contributed by atoms with E-state index in [0.717, 1.165) is 31.3 Å². The lowest BCUT2D eigenvalue weighted by Gasteiger charge is -2.29. The van der Waals surface area contributed by atoms with Crippen molar-refractivity contribution in [1.29, 1.82) is 0 Å². The predicted molar refractivity (Wildman–Crippen MR) is 85.9 cm³/mol. The molecule has 1 saturated heterocycles. The average molecular weight is 318 g/mol. The lowest BCUT2D eigenvalue weighted by Crippen LogP contribution is -2.44. The van der Waals surface area contributed by atoms with Crippen molar-refractivity contribution in [2.75, 3.05) is 25.0 Å². The number of likely N-dealkylation sites (tertiary alicyclic amines) is 1. The van der Waals surface area contributed by atoms with Crippen molar-refractivity contribution in [3.8, 4) is 0 Å². The highest BCUT2D eigenvalue weighted by Crippen LogP contribution is 2.20. The van der Waals surface area contributed by atoms with Crippen LogP contribution in [-0.2, 0) is 11.3 Å². The monoisotopic (exact) mass is 318 g/mol. The first kappa shape index (κ1) is 15.7. The molecule has 1 atom stereocenters. The summed E-state index contributed by atoms with van der Waals surface area (Å²) in [5.41, 5.74) is 0.647. The molecule has 0 saturated carbocycles. The molecule has 0 spiro atoms. The Morgan fingerprint density at radius 2 is 2.13 bits per heavy atom. The smallest absolute Gasteiger partial charge is 0.244 e. The molecule has 1 fully saturated rings. The zero-order valence-electron chi connectivity index (χ0n) is 13.3. The Labute approximate surface area is 134 Å². The number of aliphatic hydroxyl groups excluding tert-OH is 1. The first-order chi connectivity index (χ1) is 11.2. The molecule has 1 aliphatic heterocycles. The molecule has 0 radical (unpaired) electrons. The number of hydrogen-bond acceptors (Lipinski definition) is 6.